The number of hydrogen-bond donors (Lipinski definition) is 7. The summed E-state index contributed by atoms with van der Waals surface area (Å²) in [6.45, 7) is 43.0. The highest BCUT2D eigenvalue weighted by Crippen LogP contribution is 2.58. The zero-order valence-electron chi connectivity index (χ0n) is 73.0. The Morgan fingerprint density at radius 2 is 0.737 bits per heavy atom. The van der Waals surface area contributed by atoms with Gasteiger partial charge in [0, 0.05) is 69.2 Å². The molecule has 8 atom stereocenters. The van der Waals surface area contributed by atoms with Crippen molar-refractivity contribution >= 4 is 0 Å². The van der Waals surface area contributed by atoms with Crippen LogP contribution in [-0.4, -0.2) is 59.2 Å². The highest BCUT2D eigenvalue weighted by molar-refractivity contribution is 5.82. The maximum absolute atomic E-state index is 10.7. The standard InChI is InChI=1S/C21H30O3.C21H30O2.C21H26O2.C21H30O2.C19H26O2/c1-4-5-6-7-14-11-18(23)20-16-10-15(13-22)8-9-17(16)21(2,3)24-19(20)12-14;2*1-5-6-7-8-15-12-18(22)20-16-11-14(2)9-10-17(16)21(3,4)23-19(20)13-15;1-5-6-7-8-16-12-19(22)21(20(23)13-16)18-11-15(4)9-10-17(18)14(2)3;1-5-6-13-10-16(20)18-14-9-12(2)7-8-15(14)19(3,4)21-17(18)11-13/h10-12,16-17,22-23H,4-9,13H2,1-3H3;11-13,16-17,22H,5-10H2,1-4H3;9-13,22H,5-8H2,1-4H3;11-13,17-18,22-23H,2,5-10H2,1,3-4H3;9-11,14-15,20H,5-8H2,1-4H3/t2*16-,17-;;17-,18+;14-,15-/m11.01/s1. The lowest BCUT2D eigenvalue weighted by Crippen LogP contribution is -2.45. The molecule has 114 heavy (non-hydrogen) atoms. The van der Waals surface area contributed by atoms with Crippen molar-refractivity contribution in [2.24, 2.45) is 23.7 Å². The SMILES string of the molecule is C=C(C)[C@@H]1CCC(C)=C[C@H]1c1c(O)cc(CCCCC)cc1O.CCCCCc1cc(O)c2c(c1)OC(C)(C)[C@@H]1CCC(C)=C[C@@H]21.CCCCCc1cc(O)c2c(c1)OC(C)(C)[C@@H]1CCC(CO)=C[C@@H]21.CCCCCc1cc(O)c2c(c1)OC(C)(C)c1ccc(C)cc1-2.CCCc1cc(O)c2c(c1)OC(C)(C)[C@@H]1CCC(C)=C[C@@H]21. The number of unbranched alkanes of at least 4 members (excludes halogenated alkanes) is 8. The smallest absolute Gasteiger partial charge is 0.132 e. The van der Waals surface area contributed by atoms with Crippen LogP contribution >= 0.6 is 0 Å². The van der Waals surface area contributed by atoms with Gasteiger partial charge in [-0.1, -0.05) is 169 Å². The average molecular weight is 1560 g/mol. The number of aliphatic hydroxyl groups excluding tert-OH is 1. The molecule has 6 aromatic rings. The van der Waals surface area contributed by atoms with Crippen LogP contribution in [0.25, 0.3) is 11.1 Å². The van der Waals surface area contributed by atoms with E-state index in [1.165, 1.54) is 91.2 Å². The summed E-state index contributed by atoms with van der Waals surface area (Å²) in [4.78, 5) is 0. The highest BCUT2D eigenvalue weighted by Gasteiger charge is 2.49. The van der Waals surface area contributed by atoms with E-state index in [-0.39, 0.29) is 70.1 Å². The average Bonchev–Trinajstić information content (AvgIpc) is 0.758. The lowest BCUT2D eigenvalue weighted by molar-refractivity contribution is 0.00985. The van der Waals surface area contributed by atoms with Gasteiger partial charge in [-0.05, 0) is 305 Å². The molecule has 14 rings (SSSR count). The minimum Gasteiger partial charge on any atom is -0.507 e. The topological polar surface area (TPSA) is 179 Å². The molecule has 6 aromatic carbocycles. The lowest BCUT2D eigenvalue weighted by atomic mass is 9.68. The molecule has 0 amide bonds. The third-order valence-electron chi connectivity index (χ3n) is 26.0. The van der Waals surface area contributed by atoms with Crippen LogP contribution in [0.15, 0.2) is 138 Å². The van der Waals surface area contributed by atoms with E-state index in [1.807, 2.05) is 43.3 Å². The van der Waals surface area contributed by atoms with Crippen LogP contribution in [0.3, 0.4) is 0 Å². The third-order valence-corrected chi connectivity index (χ3v) is 26.0. The van der Waals surface area contributed by atoms with E-state index in [0.29, 0.717) is 46.3 Å². The van der Waals surface area contributed by atoms with Crippen molar-refractivity contribution in [2.45, 2.75) is 338 Å². The second-order valence-corrected chi connectivity index (χ2v) is 37.0. The summed E-state index contributed by atoms with van der Waals surface area (Å²) >= 11 is 0. The molecule has 4 heterocycles. The first-order valence-corrected chi connectivity index (χ1v) is 44.0. The predicted molar refractivity (Wildman–Crippen MR) is 470 cm³/mol. The number of aromatic hydroxyl groups is 6. The van der Waals surface area contributed by atoms with E-state index in [1.54, 1.807) is 0 Å². The van der Waals surface area contributed by atoms with Gasteiger partial charge in [-0.2, -0.15) is 0 Å². The second-order valence-electron chi connectivity index (χ2n) is 37.0. The molecule has 7 N–H and O–H groups in total. The molecule has 0 radical (unpaired) electrons. The Kier molecular flexibility index (Phi) is 29.7. The quantitative estimate of drug-likeness (QED) is 0.0269. The number of hydrogen-bond acceptors (Lipinski definition) is 11. The summed E-state index contributed by atoms with van der Waals surface area (Å²) in [5, 5.41) is 73.2. The summed E-state index contributed by atoms with van der Waals surface area (Å²) in [6, 6.07) is 26.3. The first kappa shape index (κ1) is 88.3. The number of phenols is 6. The molecule has 0 bridgehead atoms. The lowest BCUT2D eigenvalue weighted by Gasteiger charge is -2.46. The largest absolute Gasteiger partial charge is 0.507 e. The molecular formula is C103H142O11. The number of allylic oxidation sites excluding steroid dienone is 8. The van der Waals surface area contributed by atoms with Gasteiger partial charge in [0.05, 0.1) is 12.2 Å². The summed E-state index contributed by atoms with van der Waals surface area (Å²) in [5.74, 6) is 7.57. The van der Waals surface area contributed by atoms with Gasteiger partial charge < -0.3 is 54.7 Å². The molecule has 0 saturated carbocycles. The van der Waals surface area contributed by atoms with Crippen molar-refractivity contribution in [1.29, 1.82) is 0 Å². The minimum atomic E-state index is -0.384. The summed E-state index contributed by atoms with van der Waals surface area (Å²) in [7, 11) is 0. The van der Waals surface area contributed by atoms with E-state index in [4.69, 9.17) is 18.9 Å². The summed E-state index contributed by atoms with van der Waals surface area (Å²) in [5.41, 5.74) is 18.9. The predicted octanol–water partition coefficient (Wildman–Crippen LogP) is 27.0. The molecule has 0 aromatic heterocycles. The molecular weight excluding hydrogens is 1410 g/mol. The van der Waals surface area contributed by atoms with Gasteiger partial charge in [0.2, 0.25) is 0 Å². The van der Waals surface area contributed by atoms with E-state index in [2.05, 4.69) is 191 Å². The van der Waals surface area contributed by atoms with Gasteiger partial charge in [0.25, 0.3) is 0 Å². The van der Waals surface area contributed by atoms with Crippen LogP contribution in [0.2, 0.25) is 0 Å². The Balaban J connectivity index is 0.000000151. The van der Waals surface area contributed by atoms with Crippen LogP contribution in [-0.2, 0) is 37.7 Å². The van der Waals surface area contributed by atoms with E-state index in [0.717, 1.165) is 193 Å². The molecule has 0 spiro atoms. The van der Waals surface area contributed by atoms with E-state index >= 15 is 0 Å². The molecule has 4 aliphatic heterocycles. The van der Waals surface area contributed by atoms with E-state index in [9.17, 15) is 35.7 Å². The molecule has 11 nitrogen and oxygen atoms in total. The molecule has 0 saturated heterocycles. The van der Waals surface area contributed by atoms with Crippen molar-refractivity contribution in [2.75, 3.05) is 6.61 Å². The van der Waals surface area contributed by atoms with Crippen molar-refractivity contribution in [3.8, 4) is 68.6 Å². The number of benzene rings is 6. The number of aryl methyl sites for hydroxylation is 6. The van der Waals surface area contributed by atoms with Gasteiger partial charge in [0.1, 0.15) is 79.9 Å². The molecule has 11 heteroatoms. The molecule has 0 fully saturated rings. The Morgan fingerprint density at radius 1 is 0.386 bits per heavy atom. The number of fused-ring (bicyclic) bond motifs is 12. The maximum atomic E-state index is 10.7. The first-order valence-electron chi connectivity index (χ1n) is 44.0. The minimum absolute atomic E-state index is 0.0194. The van der Waals surface area contributed by atoms with Crippen LogP contribution in [0.1, 0.15) is 337 Å². The second kappa shape index (κ2) is 38.4. The van der Waals surface area contributed by atoms with Crippen LogP contribution < -0.4 is 18.9 Å². The van der Waals surface area contributed by atoms with Crippen LogP contribution in [0.4, 0.5) is 0 Å². The molecule has 4 aliphatic carbocycles. The Labute approximate surface area is 686 Å². The monoisotopic (exact) mass is 1560 g/mol. The van der Waals surface area contributed by atoms with Crippen molar-refractivity contribution in [3.63, 3.8) is 0 Å². The Bertz CT molecular complexity index is 4430. The van der Waals surface area contributed by atoms with Gasteiger partial charge in [-0.25, -0.2) is 0 Å². The van der Waals surface area contributed by atoms with Gasteiger partial charge in [-0.15, -0.1) is 0 Å². The first-order chi connectivity index (χ1) is 54.2. The number of phenolic OH excluding ortho intramolecular Hbond substituents is 6. The van der Waals surface area contributed by atoms with Gasteiger partial charge >= 0.3 is 0 Å². The Hall–Kier alpha value is -8.02. The fourth-order valence-corrected chi connectivity index (χ4v) is 19.8. The number of aliphatic hydroxyl groups is 1. The molecule has 620 valence electrons. The Morgan fingerprint density at radius 3 is 1.13 bits per heavy atom. The zero-order chi connectivity index (χ0) is 82.7. The van der Waals surface area contributed by atoms with E-state index < -0.39 is 0 Å². The zero-order valence-corrected chi connectivity index (χ0v) is 73.0. The van der Waals surface area contributed by atoms with Gasteiger partial charge in [0.15, 0.2) is 0 Å². The fraction of sp³-hybridized carbons (Fsp3) is 0.553. The maximum Gasteiger partial charge on any atom is 0.132 e. The van der Waals surface area contributed by atoms with Crippen LogP contribution in [0.5, 0.6) is 57.5 Å². The normalized spacial score (nSPS) is 22.3. The molecule has 8 aliphatic rings. The molecule has 0 unspecified atom stereocenters. The van der Waals surface area contributed by atoms with Crippen molar-refractivity contribution in [1.82, 2.24) is 0 Å². The van der Waals surface area contributed by atoms with Crippen LogP contribution in [0, 0.1) is 30.6 Å². The number of ether oxygens (including phenoxy) is 4. The number of rotatable bonds is 21. The van der Waals surface area contributed by atoms with Gasteiger partial charge in [-0.3, -0.25) is 0 Å². The summed E-state index contributed by atoms with van der Waals surface area (Å²) < 4.78 is 25.3. The highest BCUT2D eigenvalue weighted by atomic mass is 16.5. The summed E-state index contributed by atoms with van der Waals surface area (Å²) in [6.07, 6.45) is 37.7. The third kappa shape index (κ3) is 20.8. The van der Waals surface area contributed by atoms with Crippen molar-refractivity contribution < 1.29 is 54.7 Å². The van der Waals surface area contributed by atoms with Crippen molar-refractivity contribution in [3.05, 3.63) is 199 Å². The fourth-order valence-electron chi connectivity index (χ4n) is 19.8.